The maximum absolute atomic E-state index is 11.0. The molecule has 0 aliphatic carbocycles. The van der Waals surface area contributed by atoms with Crippen LogP contribution in [0.2, 0.25) is 0 Å². The molecule has 0 bridgehead atoms. The van der Waals surface area contributed by atoms with Crippen LogP contribution in [0.3, 0.4) is 0 Å². The van der Waals surface area contributed by atoms with E-state index in [0.29, 0.717) is 11.3 Å². The fourth-order valence-corrected chi connectivity index (χ4v) is 9.37. The largest absolute Gasteiger partial charge is 0.513 e. The smallest absolute Gasteiger partial charge is 0.160 e. The van der Waals surface area contributed by atoms with E-state index < -0.39 is 6.10 Å². The Bertz CT molecular complexity index is 1660. The second-order valence-electron chi connectivity index (χ2n) is 8.36. The van der Waals surface area contributed by atoms with Crippen molar-refractivity contribution in [2.45, 2.75) is 13.0 Å². The van der Waals surface area contributed by atoms with E-state index in [0.717, 1.165) is 36.6 Å². The molecule has 36 heavy (non-hydrogen) atoms. The van der Waals surface area contributed by atoms with Crippen LogP contribution in [0, 0.1) is 0 Å². The summed E-state index contributed by atoms with van der Waals surface area (Å²) >= 11 is 6.78. The zero-order chi connectivity index (χ0) is 25.0. The van der Waals surface area contributed by atoms with Gasteiger partial charge in [0.15, 0.2) is 6.10 Å². The molecule has 0 aromatic heterocycles. The number of aliphatic hydroxyl groups is 1. The van der Waals surface area contributed by atoms with E-state index in [1.165, 1.54) is 8.47 Å². The summed E-state index contributed by atoms with van der Waals surface area (Å²) < 4.78 is 9.01. The van der Waals surface area contributed by atoms with E-state index in [1.54, 1.807) is 78.2 Å². The summed E-state index contributed by atoms with van der Waals surface area (Å²) in [6.07, 6.45) is 2.95. The number of hydrogen-bond donors (Lipinski definition) is 3. The Labute approximate surface area is 224 Å². The van der Waals surface area contributed by atoms with Crippen molar-refractivity contribution in [2.75, 3.05) is 0 Å². The van der Waals surface area contributed by atoms with Gasteiger partial charge in [-0.25, -0.2) is 0 Å². The molecule has 0 spiro atoms. The van der Waals surface area contributed by atoms with Crippen molar-refractivity contribution in [3.63, 3.8) is 0 Å². The van der Waals surface area contributed by atoms with Gasteiger partial charge in [0.05, 0.1) is 19.1 Å². The van der Waals surface area contributed by atoms with E-state index in [1.807, 2.05) is 30.3 Å². The van der Waals surface area contributed by atoms with Crippen LogP contribution < -0.4 is 15.2 Å². The number of phenolic OH excluding ortho intramolecular Hbond substituents is 2. The van der Waals surface area contributed by atoms with Crippen molar-refractivity contribution in [1.82, 2.24) is 0 Å². The molecule has 0 fully saturated rings. The molecular formula is C28H20O4S4. The number of rotatable bonds is 2. The Kier molecular flexibility index (Phi) is 6.08. The lowest BCUT2D eigenvalue weighted by atomic mass is 9.95. The number of benzene rings is 3. The Morgan fingerprint density at radius 3 is 2.56 bits per heavy atom. The van der Waals surface area contributed by atoms with Crippen LogP contribution in [0.25, 0.3) is 28.3 Å². The molecule has 3 aromatic carbocycles. The standard InChI is InChI=1S/C28H20O4S4/c1-14(29)3-4-16-7-10-21-22(15(16)2)25-26(36-28(35-25)27-33-11-12-34-27)24(32-21)23-19-13-18(30)8-5-17(19)6-9-20(23)31/h3-13,24,29-31H,2H2,1H3/b14-3+,16-4-. The van der Waals surface area contributed by atoms with E-state index >= 15 is 0 Å². The van der Waals surface area contributed by atoms with Crippen LogP contribution in [0.4, 0.5) is 0 Å². The third-order valence-electron chi connectivity index (χ3n) is 6.00. The minimum Gasteiger partial charge on any atom is -0.513 e. The number of aromatic hydroxyl groups is 2. The minimum atomic E-state index is -0.549. The summed E-state index contributed by atoms with van der Waals surface area (Å²) in [5, 5.41) is 38.5. The molecule has 0 saturated carbocycles. The fourth-order valence-electron chi connectivity index (χ4n) is 4.36. The SMILES string of the molecule is C=c1c2c(cc/c1=C/C=C(\C)O)OC(c1c(O)ccc3ccc(O)cc13)C1=C2SC(=C2SC=CS2)S1. The van der Waals surface area contributed by atoms with E-state index in [4.69, 9.17) is 4.74 Å². The van der Waals surface area contributed by atoms with Gasteiger partial charge >= 0.3 is 0 Å². The van der Waals surface area contributed by atoms with Gasteiger partial charge in [-0.15, -0.1) is 0 Å². The lowest BCUT2D eigenvalue weighted by molar-refractivity contribution is 0.244. The molecular weight excluding hydrogens is 529 g/mol. The highest BCUT2D eigenvalue weighted by Gasteiger charge is 2.39. The maximum atomic E-state index is 11.0. The lowest BCUT2D eigenvalue weighted by Crippen LogP contribution is -2.29. The quantitative estimate of drug-likeness (QED) is 0.289. The van der Waals surface area contributed by atoms with Crippen LogP contribution >= 0.6 is 47.0 Å². The summed E-state index contributed by atoms with van der Waals surface area (Å²) in [7, 11) is 0. The van der Waals surface area contributed by atoms with Crippen LogP contribution in [-0.2, 0) is 0 Å². The first kappa shape index (κ1) is 23.6. The number of thioether (sulfide) groups is 4. The van der Waals surface area contributed by atoms with Gasteiger partial charge in [0.2, 0.25) is 0 Å². The highest BCUT2D eigenvalue weighted by Crippen LogP contribution is 2.64. The molecule has 3 N–H and O–H groups in total. The number of fused-ring (bicyclic) bond motifs is 3. The molecule has 0 radical (unpaired) electrons. The summed E-state index contributed by atoms with van der Waals surface area (Å²) in [5.41, 5.74) is 1.56. The van der Waals surface area contributed by atoms with Crippen molar-refractivity contribution in [3.05, 3.63) is 100 Å². The molecule has 3 aromatic rings. The van der Waals surface area contributed by atoms with Crippen LogP contribution in [0.15, 0.2) is 78.5 Å². The second-order valence-corrected chi connectivity index (χ2v) is 12.8. The highest BCUT2D eigenvalue weighted by atomic mass is 32.2. The Morgan fingerprint density at radius 1 is 1.00 bits per heavy atom. The third-order valence-corrected chi connectivity index (χ3v) is 11.3. The Morgan fingerprint density at radius 2 is 1.78 bits per heavy atom. The number of hydrogen-bond acceptors (Lipinski definition) is 8. The molecule has 6 rings (SSSR count). The van der Waals surface area contributed by atoms with Crippen LogP contribution in [0.1, 0.15) is 24.2 Å². The van der Waals surface area contributed by atoms with Crippen LogP contribution in [0.5, 0.6) is 17.2 Å². The lowest BCUT2D eigenvalue weighted by Gasteiger charge is -2.29. The topological polar surface area (TPSA) is 69.9 Å². The van der Waals surface area contributed by atoms with Gasteiger partial charge in [0, 0.05) is 16.0 Å². The predicted octanol–water partition coefficient (Wildman–Crippen LogP) is 7.26. The molecule has 1 atom stereocenters. The normalized spacial score (nSPS) is 19.8. The molecule has 4 nitrogen and oxygen atoms in total. The third kappa shape index (κ3) is 4.02. The van der Waals surface area contributed by atoms with Gasteiger partial charge in [-0.3, -0.25) is 0 Å². The molecule has 3 aliphatic heterocycles. The molecule has 180 valence electrons. The van der Waals surface area contributed by atoms with Gasteiger partial charge in [0.1, 0.15) is 17.2 Å². The number of allylic oxidation sites excluding steroid dienone is 2. The summed E-state index contributed by atoms with van der Waals surface area (Å²) in [5.74, 6) is 1.16. The first-order valence-corrected chi connectivity index (χ1v) is 14.4. The molecule has 1 unspecified atom stereocenters. The molecule has 3 heterocycles. The summed E-state index contributed by atoms with van der Waals surface area (Å²) in [6.45, 7) is 6.00. The predicted molar refractivity (Wildman–Crippen MR) is 156 cm³/mol. The Hall–Kier alpha value is -2.78. The summed E-state index contributed by atoms with van der Waals surface area (Å²) in [4.78, 5) is 2.05. The van der Waals surface area contributed by atoms with Crippen molar-refractivity contribution in [2.24, 2.45) is 0 Å². The summed E-state index contributed by atoms with van der Waals surface area (Å²) in [6, 6.07) is 12.5. The molecule has 0 amide bonds. The zero-order valence-corrected chi connectivity index (χ0v) is 22.3. The monoisotopic (exact) mass is 548 g/mol. The van der Waals surface area contributed by atoms with Gasteiger partial charge in [0.25, 0.3) is 0 Å². The van der Waals surface area contributed by atoms with Gasteiger partial charge in [-0.1, -0.05) is 77.9 Å². The average Bonchev–Trinajstić information content (AvgIpc) is 3.53. The number of ether oxygens (including phenoxy) is 1. The average molecular weight is 549 g/mol. The molecule has 8 heteroatoms. The van der Waals surface area contributed by atoms with E-state index in [2.05, 4.69) is 17.4 Å². The minimum absolute atomic E-state index is 0.120. The van der Waals surface area contributed by atoms with Gasteiger partial charge in [-0.05, 0) is 69.3 Å². The van der Waals surface area contributed by atoms with Crippen molar-refractivity contribution in [3.8, 4) is 17.2 Å². The van der Waals surface area contributed by atoms with Crippen LogP contribution in [-0.4, -0.2) is 15.3 Å². The fraction of sp³-hybridized carbons (Fsp3) is 0.0714. The highest BCUT2D eigenvalue weighted by molar-refractivity contribution is 8.35. The molecule has 3 aliphatic rings. The Balaban J connectivity index is 1.59. The molecule has 0 saturated heterocycles. The zero-order valence-electron chi connectivity index (χ0n) is 19.0. The number of aliphatic hydroxyl groups excluding tert-OH is 1. The van der Waals surface area contributed by atoms with E-state index in [9.17, 15) is 15.3 Å². The van der Waals surface area contributed by atoms with Crippen molar-refractivity contribution >= 4 is 75.4 Å². The van der Waals surface area contributed by atoms with Crippen molar-refractivity contribution in [1.29, 1.82) is 0 Å². The van der Waals surface area contributed by atoms with Gasteiger partial charge < -0.3 is 20.1 Å². The first-order valence-electron chi connectivity index (χ1n) is 11.0. The van der Waals surface area contributed by atoms with Gasteiger partial charge in [-0.2, -0.15) is 0 Å². The van der Waals surface area contributed by atoms with Crippen molar-refractivity contribution < 1.29 is 20.1 Å². The van der Waals surface area contributed by atoms with E-state index in [-0.39, 0.29) is 17.3 Å². The first-order chi connectivity index (χ1) is 17.4. The second kappa shape index (κ2) is 9.27. The maximum Gasteiger partial charge on any atom is 0.160 e. The number of phenols is 2.